The molecule has 5 nitrogen and oxygen atoms in total. The number of rotatable bonds is 3. The minimum absolute atomic E-state index is 0.0345. The van der Waals surface area contributed by atoms with Gasteiger partial charge in [-0.05, 0) is 11.4 Å². The third-order valence-corrected chi connectivity index (χ3v) is 2.48. The molecule has 0 spiro atoms. The second kappa shape index (κ2) is 4.73. The molecule has 1 aromatic heterocycles. The second-order valence-electron chi connectivity index (χ2n) is 2.71. The summed E-state index contributed by atoms with van der Waals surface area (Å²) in [6, 6.07) is 3.50. The molecule has 0 unspecified atom stereocenters. The SMILES string of the molecule is CN(CC(=O)NN)C(=O)c1cccs1. The highest BCUT2D eigenvalue weighted by atomic mass is 32.1. The first-order chi connectivity index (χ1) is 6.65. The van der Waals surface area contributed by atoms with Crippen LogP contribution in [-0.4, -0.2) is 30.3 Å². The van der Waals surface area contributed by atoms with E-state index in [1.165, 1.54) is 16.2 Å². The van der Waals surface area contributed by atoms with Crippen LogP contribution in [0.3, 0.4) is 0 Å². The number of nitrogens with one attached hydrogen (secondary N) is 1. The highest BCUT2D eigenvalue weighted by molar-refractivity contribution is 7.12. The number of carbonyl (C=O) groups is 2. The monoisotopic (exact) mass is 213 g/mol. The number of thiophene rings is 1. The fourth-order valence-electron chi connectivity index (χ4n) is 0.921. The van der Waals surface area contributed by atoms with Crippen LogP contribution in [0.4, 0.5) is 0 Å². The maximum absolute atomic E-state index is 11.6. The molecule has 0 saturated heterocycles. The van der Waals surface area contributed by atoms with E-state index in [2.05, 4.69) is 0 Å². The van der Waals surface area contributed by atoms with Gasteiger partial charge >= 0.3 is 0 Å². The molecule has 3 N–H and O–H groups in total. The molecule has 6 heteroatoms. The summed E-state index contributed by atoms with van der Waals surface area (Å²) in [5.74, 6) is 4.34. The third-order valence-electron chi connectivity index (χ3n) is 1.62. The first-order valence-electron chi connectivity index (χ1n) is 3.93. The van der Waals surface area contributed by atoms with Crippen LogP contribution in [0.15, 0.2) is 17.5 Å². The van der Waals surface area contributed by atoms with E-state index in [0.717, 1.165) is 0 Å². The zero-order valence-electron chi connectivity index (χ0n) is 7.69. The van der Waals surface area contributed by atoms with Gasteiger partial charge in [0.05, 0.1) is 4.88 Å². The Kier molecular flexibility index (Phi) is 3.61. The van der Waals surface area contributed by atoms with Crippen LogP contribution >= 0.6 is 11.3 Å². The van der Waals surface area contributed by atoms with Crippen molar-refractivity contribution in [3.05, 3.63) is 22.4 Å². The fraction of sp³-hybridized carbons (Fsp3) is 0.250. The lowest BCUT2D eigenvalue weighted by Crippen LogP contribution is -2.41. The van der Waals surface area contributed by atoms with Gasteiger partial charge in [0.15, 0.2) is 0 Å². The molecule has 0 aromatic carbocycles. The summed E-state index contributed by atoms with van der Waals surface area (Å²) in [4.78, 5) is 24.4. The van der Waals surface area contributed by atoms with Crippen molar-refractivity contribution in [2.24, 2.45) is 5.84 Å². The standard InChI is InChI=1S/C8H11N3O2S/c1-11(5-7(12)10-9)8(13)6-3-2-4-14-6/h2-4H,5,9H2,1H3,(H,10,12). The van der Waals surface area contributed by atoms with Crippen LogP contribution in [0.5, 0.6) is 0 Å². The Morgan fingerprint density at radius 1 is 1.64 bits per heavy atom. The lowest BCUT2D eigenvalue weighted by atomic mass is 10.4. The van der Waals surface area contributed by atoms with Gasteiger partial charge in [-0.3, -0.25) is 15.0 Å². The first kappa shape index (κ1) is 10.7. The fourth-order valence-corrected chi connectivity index (χ4v) is 1.64. The molecule has 0 saturated carbocycles. The number of hydrogen-bond donors (Lipinski definition) is 2. The number of hydrogen-bond acceptors (Lipinski definition) is 4. The quantitative estimate of drug-likeness (QED) is 0.415. The Labute approximate surface area is 85.5 Å². The van der Waals surface area contributed by atoms with Crippen LogP contribution in [-0.2, 0) is 4.79 Å². The van der Waals surface area contributed by atoms with Crippen molar-refractivity contribution in [3.8, 4) is 0 Å². The molecule has 14 heavy (non-hydrogen) atoms. The van der Waals surface area contributed by atoms with E-state index in [0.29, 0.717) is 4.88 Å². The maximum Gasteiger partial charge on any atom is 0.264 e. The summed E-state index contributed by atoms with van der Waals surface area (Å²) in [7, 11) is 1.55. The van der Waals surface area contributed by atoms with Crippen molar-refractivity contribution in [3.63, 3.8) is 0 Å². The van der Waals surface area contributed by atoms with E-state index in [1.807, 2.05) is 10.8 Å². The Hall–Kier alpha value is -1.40. The Balaban J connectivity index is 2.58. The lowest BCUT2D eigenvalue weighted by Gasteiger charge is -2.14. The zero-order valence-corrected chi connectivity index (χ0v) is 8.50. The van der Waals surface area contributed by atoms with Crippen molar-refractivity contribution in [1.82, 2.24) is 10.3 Å². The average molecular weight is 213 g/mol. The Bertz CT molecular complexity index is 323. The van der Waals surface area contributed by atoms with Crippen LogP contribution < -0.4 is 11.3 Å². The first-order valence-corrected chi connectivity index (χ1v) is 4.81. The molecule has 0 atom stereocenters. The molecule has 1 rings (SSSR count). The minimum atomic E-state index is -0.391. The molecule has 0 aliphatic carbocycles. The Morgan fingerprint density at radius 3 is 2.86 bits per heavy atom. The smallest absolute Gasteiger partial charge is 0.264 e. The molecule has 0 fully saturated rings. The summed E-state index contributed by atoms with van der Waals surface area (Å²) in [5.41, 5.74) is 1.97. The average Bonchev–Trinajstić information content (AvgIpc) is 2.69. The van der Waals surface area contributed by atoms with Crippen LogP contribution in [0.2, 0.25) is 0 Å². The van der Waals surface area contributed by atoms with E-state index in [1.54, 1.807) is 19.2 Å². The van der Waals surface area contributed by atoms with Crippen LogP contribution in [0, 0.1) is 0 Å². The number of amides is 2. The largest absolute Gasteiger partial charge is 0.332 e. The second-order valence-corrected chi connectivity index (χ2v) is 3.65. The Morgan fingerprint density at radius 2 is 2.36 bits per heavy atom. The van der Waals surface area contributed by atoms with E-state index in [4.69, 9.17) is 5.84 Å². The van der Waals surface area contributed by atoms with Gasteiger partial charge in [-0.1, -0.05) is 6.07 Å². The summed E-state index contributed by atoms with van der Waals surface area (Å²) in [5, 5.41) is 1.81. The van der Waals surface area contributed by atoms with Crippen LogP contribution in [0.25, 0.3) is 0 Å². The van der Waals surface area contributed by atoms with E-state index < -0.39 is 5.91 Å². The number of likely N-dealkylation sites (N-methyl/N-ethyl adjacent to an activating group) is 1. The minimum Gasteiger partial charge on any atom is -0.332 e. The van der Waals surface area contributed by atoms with Crippen molar-refractivity contribution < 1.29 is 9.59 Å². The molecule has 1 heterocycles. The van der Waals surface area contributed by atoms with E-state index in [-0.39, 0.29) is 12.5 Å². The van der Waals surface area contributed by atoms with Crippen molar-refractivity contribution in [1.29, 1.82) is 0 Å². The molecule has 0 bridgehead atoms. The summed E-state index contributed by atoms with van der Waals surface area (Å²) in [6.07, 6.45) is 0. The highest BCUT2D eigenvalue weighted by Gasteiger charge is 2.14. The highest BCUT2D eigenvalue weighted by Crippen LogP contribution is 2.10. The lowest BCUT2D eigenvalue weighted by molar-refractivity contribution is -0.121. The third kappa shape index (κ3) is 2.54. The summed E-state index contributed by atoms with van der Waals surface area (Å²) < 4.78 is 0. The zero-order chi connectivity index (χ0) is 10.6. The maximum atomic E-state index is 11.6. The molecule has 0 aliphatic rings. The van der Waals surface area contributed by atoms with Crippen LogP contribution in [0.1, 0.15) is 9.67 Å². The number of nitrogens with two attached hydrogens (primary N) is 1. The van der Waals surface area contributed by atoms with Gasteiger partial charge in [0.1, 0.15) is 6.54 Å². The molecular formula is C8H11N3O2S. The van der Waals surface area contributed by atoms with Gasteiger partial charge in [0.25, 0.3) is 11.8 Å². The molecule has 76 valence electrons. The van der Waals surface area contributed by atoms with E-state index >= 15 is 0 Å². The summed E-state index contributed by atoms with van der Waals surface area (Å²) >= 11 is 1.34. The predicted octanol–water partition coefficient (Wildman–Crippen LogP) is -0.190. The number of hydrazine groups is 1. The summed E-state index contributed by atoms with van der Waals surface area (Å²) in [6.45, 7) is -0.0345. The molecule has 0 radical (unpaired) electrons. The normalized spacial score (nSPS) is 9.57. The topological polar surface area (TPSA) is 75.4 Å². The van der Waals surface area contributed by atoms with E-state index in [9.17, 15) is 9.59 Å². The van der Waals surface area contributed by atoms with Gasteiger partial charge in [0.2, 0.25) is 0 Å². The van der Waals surface area contributed by atoms with Gasteiger partial charge < -0.3 is 4.90 Å². The number of nitrogens with zero attached hydrogens (tertiary/aromatic N) is 1. The number of carbonyl (C=O) groups excluding carboxylic acids is 2. The van der Waals surface area contributed by atoms with Gasteiger partial charge in [0, 0.05) is 7.05 Å². The molecular weight excluding hydrogens is 202 g/mol. The van der Waals surface area contributed by atoms with Crippen molar-refractivity contribution >= 4 is 23.2 Å². The van der Waals surface area contributed by atoms with Crippen molar-refractivity contribution in [2.45, 2.75) is 0 Å². The molecule has 0 aliphatic heterocycles. The molecule has 1 aromatic rings. The predicted molar refractivity (Wildman–Crippen MR) is 53.6 cm³/mol. The van der Waals surface area contributed by atoms with Gasteiger partial charge in [-0.2, -0.15) is 0 Å². The van der Waals surface area contributed by atoms with Gasteiger partial charge in [-0.25, -0.2) is 5.84 Å². The molecule has 2 amide bonds. The van der Waals surface area contributed by atoms with Gasteiger partial charge in [-0.15, -0.1) is 11.3 Å². The van der Waals surface area contributed by atoms with Crippen molar-refractivity contribution in [2.75, 3.05) is 13.6 Å².